The van der Waals surface area contributed by atoms with Crippen LogP contribution in [0.2, 0.25) is 0 Å². The van der Waals surface area contributed by atoms with Crippen LogP contribution in [0.5, 0.6) is 5.75 Å². The number of carbonyl (C=O) groups is 1. The highest BCUT2D eigenvalue weighted by atomic mass is 79.9. The molecule has 0 saturated carbocycles. The number of allylic oxidation sites excluding steroid dienone is 1. The lowest BCUT2D eigenvalue weighted by Crippen LogP contribution is -2.00. The summed E-state index contributed by atoms with van der Waals surface area (Å²) in [6, 6.07) is 3.47. The summed E-state index contributed by atoms with van der Waals surface area (Å²) in [5.41, 5.74) is 1.48. The van der Waals surface area contributed by atoms with Crippen LogP contribution in [0.1, 0.15) is 15.9 Å². The third-order valence-electron chi connectivity index (χ3n) is 1.94. The lowest BCUT2D eigenvalue weighted by molar-refractivity contribution is 0.112. The summed E-state index contributed by atoms with van der Waals surface area (Å²) < 4.78 is 6.15. The predicted molar refractivity (Wildman–Crippen MR) is 67.8 cm³/mol. The van der Waals surface area contributed by atoms with Crippen molar-refractivity contribution in [3.8, 4) is 18.1 Å². The van der Waals surface area contributed by atoms with Crippen LogP contribution >= 0.6 is 15.9 Å². The first-order valence-electron chi connectivity index (χ1n) is 4.67. The zero-order chi connectivity index (χ0) is 12.0. The summed E-state index contributed by atoms with van der Waals surface area (Å²) in [7, 11) is 0. The van der Waals surface area contributed by atoms with Crippen molar-refractivity contribution in [2.75, 3.05) is 6.61 Å². The van der Waals surface area contributed by atoms with Gasteiger partial charge < -0.3 is 4.74 Å². The van der Waals surface area contributed by atoms with E-state index >= 15 is 0 Å². The van der Waals surface area contributed by atoms with Gasteiger partial charge in [0.2, 0.25) is 0 Å². The SMILES string of the molecule is C#CCOc1c(Br)cc(C=O)cc1CC=C. The van der Waals surface area contributed by atoms with E-state index in [1.807, 2.05) is 0 Å². The van der Waals surface area contributed by atoms with Gasteiger partial charge in [-0.15, -0.1) is 13.0 Å². The molecule has 82 valence electrons. The molecule has 0 amide bonds. The molecule has 1 rings (SSSR count). The van der Waals surface area contributed by atoms with Crippen molar-refractivity contribution in [3.63, 3.8) is 0 Å². The first-order valence-corrected chi connectivity index (χ1v) is 5.47. The number of rotatable bonds is 5. The van der Waals surface area contributed by atoms with Gasteiger partial charge in [-0.05, 0) is 40.0 Å². The van der Waals surface area contributed by atoms with Gasteiger partial charge in [0, 0.05) is 5.56 Å². The van der Waals surface area contributed by atoms with Gasteiger partial charge in [-0.3, -0.25) is 4.79 Å². The first kappa shape index (κ1) is 12.5. The molecule has 0 saturated heterocycles. The van der Waals surface area contributed by atoms with E-state index in [1.165, 1.54) is 0 Å². The fourth-order valence-corrected chi connectivity index (χ4v) is 1.96. The minimum Gasteiger partial charge on any atom is -0.479 e. The fourth-order valence-electron chi connectivity index (χ4n) is 1.32. The molecular formula is C13H11BrO2. The highest BCUT2D eigenvalue weighted by molar-refractivity contribution is 9.10. The van der Waals surface area contributed by atoms with Crippen LogP contribution in [0.25, 0.3) is 0 Å². The molecule has 0 aliphatic carbocycles. The molecule has 1 aromatic rings. The molecule has 0 aliphatic heterocycles. The normalized spacial score (nSPS) is 9.25. The maximum atomic E-state index is 10.7. The highest BCUT2D eigenvalue weighted by Gasteiger charge is 2.09. The molecule has 0 radical (unpaired) electrons. The Labute approximate surface area is 103 Å². The molecule has 16 heavy (non-hydrogen) atoms. The lowest BCUT2D eigenvalue weighted by Gasteiger charge is -2.11. The average Bonchev–Trinajstić information content (AvgIpc) is 2.28. The van der Waals surface area contributed by atoms with E-state index in [1.54, 1.807) is 18.2 Å². The van der Waals surface area contributed by atoms with Gasteiger partial charge in [0.1, 0.15) is 18.6 Å². The van der Waals surface area contributed by atoms with Gasteiger partial charge in [0.05, 0.1) is 4.47 Å². The monoisotopic (exact) mass is 278 g/mol. The second-order valence-electron chi connectivity index (χ2n) is 3.09. The number of carbonyl (C=O) groups excluding carboxylic acids is 1. The van der Waals surface area contributed by atoms with Gasteiger partial charge in [-0.2, -0.15) is 0 Å². The number of hydrogen-bond acceptors (Lipinski definition) is 2. The number of terminal acetylenes is 1. The Balaban J connectivity index is 3.17. The van der Waals surface area contributed by atoms with Crippen molar-refractivity contribution in [1.29, 1.82) is 0 Å². The summed E-state index contributed by atoms with van der Waals surface area (Å²) in [6.07, 6.45) is 8.31. The Hall–Kier alpha value is -1.53. The summed E-state index contributed by atoms with van der Waals surface area (Å²) in [4.78, 5) is 10.7. The quantitative estimate of drug-likeness (QED) is 0.470. The highest BCUT2D eigenvalue weighted by Crippen LogP contribution is 2.31. The number of aldehydes is 1. The molecule has 0 unspecified atom stereocenters. The molecule has 0 spiro atoms. The molecular weight excluding hydrogens is 268 g/mol. The lowest BCUT2D eigenvalue weighted by atomic mass is 10.1. The van der Waals surface area contributed by atoms with E-state index in [2.05, 4.69) is 28.4 Å². The average molecular weight is 279 g/mol. The molecule has 2 nitrogen and oxygen atoms in total. The summed E-state index contributed by atoms with van der Waals surface area (Å²) in [5.74, 6) is 3.07. The Bertz CT molecular complexity index is 444. The maximum absolute atomic E-state index is 10.7. The van der Waals surface area contributed by atoms with Crippen LogP contribution in [0.4, 0.5) is 0 Å². The number of benzene rings is 1. The van der Waals surface area contributed by atoms with Gasteiger partial charge in [0.15, 0.2) is 0 Å². The van der Waals surface area contributed by atoms with E-state index in [0.29, 0.717) is 17.7 Å². The standard InChI is InChI=1S/C13H11BrO2/c1-3-5-11-7-10(9-15)8-12(14)13(11)16-6-4-2/h2-3,7-9H,1,5-6H2. The first-order chi connectivity index (χ1) is 7.72. The third-order valence-corrected chi connectivity index (χ3v) is 2.53. The van der Waals surface area contributed by atoms with E-state index in [0.717, 1.165) is 16.3 Å². The van der Waals surface area contributed by atoms with Gasteiger partial charge in [-0.25, -0.2) is 0 Å². The minimum absolute atomic E-state index is 0.198. The molecule has 1 aromatic carbocycles. The second kappa shape index (κ2) is 6.14. The van der Waals surface area contributed by atoms with E-state index < -0.39 is 0 Å². The van der Waals surface area contributed by atoms with Crippen molar-refractivity contribution in [1.82, 2.24) is 0 Å². The molecule has 0 N–H and O–H groups in total. The predicted octanol–water partition coefficient (Wildman–Crippen LogP) is 3.00. The molecule has 0 fully saturated rings. The Kier molecular flexibility index (Phi) is 4.81. The van der Waals surface area contributed by atoms with Crippen LogP contribution < -0.4 is 4.74 Å². The molecule has 3 heteroatoms. The zero-order valence-electron chi connectivity index (χ0n) is 8.70. The number of hydrogen-bond donors (Lipinski definition) is 0. The van der Waals surface area contributed by atoms with Crippen LogP contribution in [0.15, 0.2) is 29.3 Å². The Morgan fingerprint density at radius 1 is 1.56 bits per heavy atom. The van der Waals surface area contributed by atoms with E-state index in [9.17, 15) is 4.79 Å². The van der Waals surface area contributed by atoms with Crippen LogP contribution in [-0.2, 0) is 6.42 Å². The van der Waals surface area contributed by atoms with Crippen molar-refractivity contribution >= 4 is 22.2 Å². The van der Waals surface area contributed by atoms with Crippen molar-refractivity contribution in [3.05, 3.63) is 40.4 Å². The summed E-state index contributed by atoms with van der Waals surface area (Å²) >= 11 is 3.35. The maximum Gasteiger partial charge on any atom is 0.150 e. The number of halogens is 1. The third kappa shape index (κ3) is 2.98. The largest absolute Gasteiger partial charge is 0.479 e. The van der Waals surface area contributed by atoms with Crippen molar-refractivity contribution in [2.24, 2.45) is 0 Å². The molecule has 0 bridgehead atoms. The topological polar surface area (TPSA) is 26.3 Å². The molecule has 0 aromatic heterocycles. The van der Waals surface area contributed by atoms with Crippen molar-refractivity contribution < 1.29 is 9.53 Å². The molecule has 0 heterocycles. The van der Waals surface area contributed by atoms with E-state index in [-0.39, 0.29) is 6.61 Å². The van der Waals surface area contributed by atoms with Gasteiger partial charge in [-0.1, -0.05) is 12.0 Å². The van der Waals surface area contributed by atoms with Gasteiger partial charge >= 0.3 is 0 Å². The van der Waals surface area contributed by atoms with Gasteiger partial charge in [0.25, 0.3) is 0 Å². The molecule has 0 aliphatic rings. The minimum atomic E-state index is 0.198. The van der Waals surface area contributed by atoms with E-state index in [4.69, 9.17) is 11.2 Å². The number of ether oxygens (including phenoxy) is 1. The summed E-state index contributed by atoms with van der Waals surface area (Å²) in [6.45, 7) is 3.86. The summed E-state index contributed by atoms with van der Waals surface area (Å²) in [5, 5.41) is 0. The Morgan fingerprint density at radius 3 is 2.88 bits per heavy atom. The van der Waals surface area contributed by atoms with Crippen LogP contribution in [-0.4, -0.2) is 12.9 Å². The van der Waals surface area contributed by atoms with Crippen LogP contribution in [0.3, 0.4) is 0 Å². The van der Waals surface area contributed by atoms with Crippen molar-refractivity contribution in [2.45, 2.75) is 6.42 Å². The molecule has 0 atom stereocenters. The van der Waals surface area contributed by atoms with Crippen LogP contribution in [0, 0.1) is 12.3 Å². The fraction of sp³-hybridized carbons (Fsp3) is 0.154. The second-order valence-corrected chi connectivity index (χ2v) is 3.95. The smallest absolute Gasteiger partial charge is 0.150 e. The Morgan fingerprint density at radius 2 is 2.31 bits per heavy atom. The zero-order valence-corrected chi connectivity index (χ0v) is 10.3.